The molecule has 5 nitrogen and oxygen atoms in total. The van der Waals surface area contributed by atoms with Gasteiger partial charge in [-0.3, -0.25) is 4.79 Å². The van der Waals surface area contributed by atoms with Crippen LogP contribution < -0.4 is 15.4 Å². The predicted octanol–water partition coefficient (Wildman–Crippen LogP) is 2.47. The number of hydrogen-bond acceptors (Lipinski definition) is 5. The molecule has 0 bridgehead atoms. The number of rotatable bonds is 7. The Morgan fingerprint density at radius 1 is 1.50 bits per heavy atom. The number of nitrogens with one attached hydrogen (secondary N) is 2. The minimum atomic E-state index is -0.227. The van der Waals surface area contributed by atoms with Gasteiger partial charge in [0.25, 0.3) is 0 Å². The summed E-state index contributed by atoms with van der Waals surface area (Å²) in [5.41, 5.74) is 1.35. The van der Waals surface area contributed by atoms with Crippen molar-refractivity contribution in [1.82, 2.24) is 5.32 Å². The van der Waals surface area contributed by atoms with Crippen LogP contribution in [0, 0.1) is 0 Å². The van der Waals surface area contributed by atoms with Gasteiger partial charge in [0.05, 0.1) is 18.3 Å². The summed E-state index contributed by atoms with van der Waals surface area (Å²) in [6, 6.07) is 5.36. The minimum Gasteiger partial charge on any atom is -0.484 e. The number of hydrogen-bond donors (Lipinski definition) is 2. The zero-order chi connectivity index (χ0) is 16.2. The molecule has 5 heteroatoms. The van der Waals surface area contributed by atoms with Gasteiger partial charge < -0.3 is 20.1 Å². The van der Waals surface area contributed by atoms with Gasteiger partial charge in [-0.25, -0.2) is 0 Å². The highest BCUT2D eigenvalue weighted by Gasteiger charge is 2.27. The van der Waals surface area contributed by atoms with Crippen molar-refractivity contribution in [2.24, 2.45) is 0 Å². The van der Waals surface area contributed by atoms with E-state index in [1.165, 1.54) is 0 Å². The molecule has 1 aliphatic rings. The molecular formula is C17H26N2O3. The van der Waals surface area contributed by atoms with Crippen molar-refractivity contribution >= 4 is 11.5 Å². The lowest BCUT2D eigenvalue weighted by Gasteiger charge is -2.33. The smallest absolute Gasteiger partial charge is 0.179 e. The second-order valence-electron chi connectivity index (χ2n) is 6.31. The highest BCUT2D eigenvalue weighted by molar-refractivity contribution is 6.01. The average Bonchev–Trinajstić information content (AvgIpc) is 2.49. The van der Waals surface area contributed by atoms with Crippen LogP contribution >= 0.6 is 0 Å². The summed E-state index contributed by atoms with van der Waals surface area (Å²) < 4.78 is 10.9. The summed E-state index contributed by atoms with van der Waals surface area (Å²) in [6.45, 7) is 8.15. The van der Waals surface area contributed by atoms with E-state index in [9.17, 15) is 4.79 Å². The van der Waals surface area contributed by atoms with Gasteiger partial charge in [-0.15, -0.1) is 0 Å². The summed E-state index contributed by atoms with van der Waals surface area (Å²) >= 11 is 0. The van der Waals surface area contributed by atoms with Crippen molar-refractivity contribution in [2.75, 3.05) is 32.1 Å². The van der Waals surface area contributed by atoms with Crippen LogP contribution in [0.2, 0.25) is 0 Å². The van der Waals surface area contributed by atoms with Crippen LogP contribution in [0.25, 0.3) is 0 Å². The number of ether oxygens (including phenoxy) is 2. The molecule has 1 unspecified atom stereocenters. The second kappa shape index (κ2) is 7.11. The van der Waals surface area contributed by atoms with Crippen molar-refractivity contribution in [3.8, 4) is 5.75 Å². The van der Waals surface area contributed by atoms with E-state index in [4.69, 9.17) is 9.47 Å². The summed E-state index contributed by atoms with van der Waals surface area (Å²) in [6.07, 6.45) is 0.892. The fourth-order valence-corrected chi connectivity index (χ4v) is 2.43. The number of ketones is 1. The third kappa shape index (κ3) is 4.21. The zero-order valence-corrected chi connectivity index (χ0v) is 13.9. The molecule has 1 aliphatic heterocycles. The van der Waals surface area contributed by atoms with Gasteiger partial charge >= 0.3 is 0 Å². The monoisotopic (exact) mass is 306 g/mol. The first kappa shape index (κ1) is 16.8. The van der Waals surface area contributed by atoms with Crippen molar-refractivity contribution in [2.45, 2.75) is 38.8 Å². The van der Waals surface area contributed by atoms with E-state index in [1.807, 2.05) is 39.0 Å². The predicted molar refractivity (Wildman–Crippen MR) is 87.9 cm³/mol. The maximum absolute atomic E-state index is 12.5. The van der Waals surface area contributed by atoms with Gasteiger partial charge in [0.1, 0.15) is 11.4 Å². The third-order valence-electron chi connectivity index (χ3n) is 3.72. The highest BCUT2D eigenvalue weighted by Crippen LogP contribution is 2.33. The van der Waals surface area contributed by atoms with Gasteiger partial charge in [0, 0.05) is 19.3 Å². The maximum Gasteiger partial charge on any atom is 0.179 e. The standard InChI is InChI=1S/C17H26N2O3/c1-12(18-8-5-9-21-4)16(20)13-6-7-15-14(10-13)19-11-17(2,3)22-15/h6-7,10,12,18-19H,5,8-9,11H2,1-4H3. The average molecular weight is 306 g/mol. The molecule has 1 atom stereocenters. The fourth-order valence-electron chi connectivity index (χ4n) is 2.43. The second-order valence-corrected chi connectivity index (χ2v) is 6.31. The van der Waals surface area contributed by atoms with Crippen molar-refractivity contribution in [1.29, 1.82) is 0 Å². The molecule has 0 radical (unpaired) electrons. The van der Waals surface area contributed by atoms with Crippen molar-refractivity contribution in [3.63, 3.8) is 0 Å². The molecular weight excluding hydrogens is 280 g/mol. The molecule has 0 saturated carbocycles. The Bertz CT molecular complexity index is 529. The lowest BCUT2D eigenvalue weighted by atomic mass is 10.0. The van der Waals surface area contributed by atoms with Gasteiger partial charge in [0.2, 0.25) is 0 Å². The molecule has 1 aromatic carbocycles. The molecule has 22 heavy (non-hydrogen) atoms. The van der Waals surface area contributed by atoms with Crippen molar-refractivity contribution in [3.05, 3.63) is 23.8 Å². The third-order valence-corrected chi connectivity index (χ3v) is 3.72. The first-order chi connectivity index (χ1) is 10.4. The Morgan fingerprint density at radius 2 is 2.27 bits per heavy atom. The first-order valence-electron chi connectivity index (χ1n) is 7.76. The van der Waals surface area contributed by atoms with Gasteiger partial charge in [0.15, 0.2) is 5.78 Å². The Morgan fingerprint density at radius 3 is 3.00 bits per heavy atom. The molecule has 2 rings (SSSR count). The number of carbonyl (C=O) groups excluding carboxylic acids is 1. The topological polar surface area (TPSA) is 59.6 Å². The Hall–Kier alpha value is -1.59. The fraction of sp³-hybridized carbons (Fsp3) is 0.588. The van der Waals surface area contributed by atoms with E-state index in [0.29, 0.717) is 12.2 Å². The van der Waals surface area contributed by atoms with E-state index in [-0.39, 0.29) is 17.4 Å². The number of carbonyl (C=O) groups is 1. The summed E-state index contributed by atoms with van der Waals surface area (Å²) in [5, 5.41) is 6.56. The summed E-state index contributed by atoms with van der Waals surface area (Å²) in [7, 11) is 1.68. The molecule has 0 aliphatic carbocycles. The van der Waals surface area contributed by atoms with Crippen LogP contribution in [-0.2, 0) is 4.74 Å². The van der Waals surface area contributed by atoms with Crippen molar-refractivity contribution < 1.29 is 14.3 Å². The van der Waals surface area contributed by atoms with Crippen LogP contribution in [0.1, 0.15) is 37.6 Å². The van der Waals surface area contributed by atoms with Gasteiger partial charge in [-0.05, 0) is 51.9 Å². The largest absolute Gasteiger partial charge is 0.484 e. The van der Waals surface area contributed by atoms with Crippen LogP contribution in [0.3, 0.4) is 0 Å². The van der Waals surface area contributed by atoms with E-state index >= 15 is 0 Å². The number of benzene rings is 1. The lowest BCUT2D eigenvalue weighted by molar-refractivity contribution is 0.0948. The minimum absolute atomic E-state index is 0.0897. The molecule has 1 aromatic rings. The van der Waals surface area contributed by atoms with E-state index in [2.05, 4.69) is 10.6 Å². The SMILES string of the molecule is COCCCNC(C)C(=O)c1ccc2c(c1)NCC(C)(C)O2. The van der Waals surface area contributed by atoms with Crippen LogP contribution in [-0.4, -0.2) is 44.2 Å². The van der Waals surface area contributed by atoms with Gasteiger partial charge in [-0.1, -0.05) is 0 Å². The molecule has 122 valence electrons. The number of anilines is 1. The van der Waals surface area contributed by atoms with Crippen LogP contribution in [0.5, 0.6) is 5.75 Å². The quantitative estimate of drug-likeness (QED) is 0.598. The molecule has 0 saturated heterocycles. The lowest BCUT2D eigenvalue weighted by Crippen LogP contribution is -2.40. The molecule has 0 aromatic heterocycles. The summed E-state index contributed by atoms with van der Waals surface area (Å²) in [5.74, 6) is 0.889. The molecule has 2 N–H and O–H groups in total. The van der Waals surface area contributed by atoms with Gasteiger partial charge in [-0.2, -0.15) is 0 Å². The van der Waals surface area contributed by atoms with E-state index in [0.717, 1.165) is 30.9 Å². The number of Topliss-reactive ketones (excluding diaryl/α,β-unsaturated/α-hetero) is 1. The zero-order valence-electron chi connectivity index (χ0n) is 13.9. The Balaban J connectivity index is 1.99. The Kier molecular flexibility index (Phi) is 5.42. The first-order valence-corrected chi connectivity index (χ1v) is 7.76. The Labute approximate surface area is 132 Å². The molecule has 0 spiro atoms. The molecule has 0 fully saturated rings. The van der Waals surface area contributed by atoms with Crippen LogP contribution in [0.4, 0.5) is 5.69 Å². The molecule has 0 amide bonds. The summed E-state index contributed by atoms with van der Waals surface area (Å²) in [4.78, 5) is 12.5. The van der Waals surface area contributed by atoms with E-state index < -0.39 is 0 Å². The highest BCUT2D eigenvalue weighted by atomic mass is 16.5. The molecule has 1 heterocycles. The maximum atomic E-state index is 12.5. The van der Waals surface area contributed by atoms with Crippen LogP contribution in [0.15, 0.2) is 18.2 Å². The normalized spacial score (nSPS) is 17.1. The van der Waals surface area contributed by atoms with E-state index in [1.54, 1.807) is 7.11 Å². The number of fused-ring (bicyclic) bond motifs is 1. The number of methoxy groups -OCH3 is 1.